The van der Waals surface area contributed by atoms with Crippen LogP contribution in [0.3, 0.4) is 0 Å². The molecule has 3 N–H and O–H groups in total. The summed E-state index contributed by atoms with van der Waals surface area (Å²) >= 11 is 0. The van der Waals surface area contributed by atoms with Crippen LogP contribution < -0.4 is 15.5 Å². The van der Waals surface area contributed by atoms with Gasteiger partial charge in [-0.1, -0.05) is 24.3 Å². The Labute approximate surface area is 288 Å². The van der Waals surface area contributed by atoms with Crippen LogP contribution in [0, 0.1) is 5.82 Å². The summed E-state index contributed by atoms with van der Waals surface area (Å²) in [4.78, 5) is 18.8. The third kappa shape index (κ3) is 6.77. The number of nitrogens with zero attached hydrogens (tertiary/aromatic N) is 6. The molecule has 49 heavy (non-hydrogen) atoms. The molecular formula is C30H24B6FN7O5. The summed E-state index contributed by atoms with van der Waals surface area (Å²) in [6, 6.07) is 12.0. The summed E-state index contributed by atoms with van der Waals surface area (Å²) in [5.74, 6) is -0.460. The molecule has 2 aromatic carbocycles. The first-order valence-corrected chi connectivity index (χ1v) is 14.9. The number of fused-ring (bicyclic) bond motifs is 7. The lowest BCUT2D eigenvalue weighted by Gasteiger charge is -2.43. The maximum Gasteiger partial charge on any atom is 0.488 e. The summed E-state index contributed by atoms with van der Waals surface area (Å²) in [5, 5.41) is 30.5. The minimum atomic E-state index is -2.14. The van der Waals surface area contributed by atoms with E-state index in [0.717, 1.165) is 0 Å². The Morgan fingerprint density at radius 1 is 1.10 bits per heavy atom. The minimum absolute atomic E-state index is 0.0280. The highest BCUT2D eigenvalue weighted by Crippen LogP contribution is 2.41. The molecule has 10 radical (unpaired) electrons. The van der Waals surface area contributed by atoms with Gasteiger partial charge in [-0.15, -0.1) is 5.11 Å². The molecule has 5 aromatic rings. The number of amides is 1. The lowest BCUT2D eigenvalue weighted by atomic mass is 9.26. The standard InChI is InChI=1S/C30H24B6FN7O5/c1-15-22-11-20(37)7-8-21(22)25-23(41-43(2)42-25)9-17-13-39-44(30(34,35)29(31,32)33)26(17)18-10-24(49-15)27(38-12-18)40-28(45)48-14-16-3-5-19(6-4-16)36(46)47/h3-8,10-13,15,46-47H,9,14H2,1-2H3,(H,38,40,45)/t15-/m1/s1. The predicted octanol–water partition coefficient (Wildman–Crippen LogP) is 0.879. The van der Waals surface area contributed by atoms with E-state index in [0.29, 0.717) is 44.9 Å². The SMILES string of the molecule is [B]C([B])([B])C([B])([B])n1ncc2c1-c1cnc(NC(=O)OCc3ccc(B(O)O)cc3)c(c1)O[C@H](C)c1cc(F)ccc1-c1nn(C)nc1C2. The number of rotatable bonds is 6. The van der Waals surface area contributed by atoms with Crippen molar-refractivity contribution in [3.8, 4) is 28.3 Å². The molecule has 0 saturated carbocycles. The van der Waals surface area contributed by atoms with Crippen LogP contribution in [-0.4, -0.2) is 92.2 Å². The van der Waals surface area contributed by atoms with Crippen molar-refractivity contribution in [3.05, 3.63) is 89.1 Å². The van der Waals surface area contributed by atoms with Gasteiger partial charge in [-0.2, -0.15) is 20.1 Å². The summed E-state index contributed by atoms with van der Waals surface area (Å²) in [6.45, 7) is 1.57. The molecule has 12 nitrogen and oxygen atoms in total. The molecule has 0 aliphatic carbocycles. The molecule has 0 unspecified atom stereocenters. The fourth-order valence-electron chi connectivity index (χ4n) is 5.40. The molecule has 0 fully saturated rings. The van der Waals surface area contributed by atoms with Gasteiger partial charge in [-0.05, 0) is 47.6 Å². The molecule has 3 aromatic heterocycles. The van der Waals surface area contributed by atoms with Gasteiger partial charge in [-0.25, -0.2) is 14.2 Å². The van der Waals surface area contributed by atoms with E-state index in [-0.39, 0.29) is 30.1 Å². The van der Waals surface area contributed by atoms with Gasteiger partial charge in [0.1, 0.15) is 24.2 Å². The Kier molecular flexibility index (Phi) is 9.01. The van der Waals surface area contributed by atoms with Crippen molar-refractivity contribution in [3.63, 3.8) is 0 Å². The second kappa shape index (κ2) is 12.9. The van der Waals surface area contributed by atoms with Crippen molar-refractivity contribution >= 4 is 63.7 Å². The van der Waals surface area contributed by atoms with Crippen LogP contribution in [0.5, 0.6) is 5.75 Å². The van der Waals surface area contributed by atoms with Gasteiger partial charge in [-0.3, -0.25) is 10.00 Å². The number of hydrogen-bond acceptors (Lipinski definition) is 9. The summed E-state index contributed by atoms with van der Waals surface area (Å²) < 4.78 is 27.6. The first kappa shape index (κ1) is 34.1. The monoisotopic (exact) mass is 647 g/mol. The molecule has 1 aliphatic rings. The highest BCUT2D eigenvalue weighted by molar-refractivity contribution is 6.66. The topological polar surface area (TPSA) is 149 Å². The molecule has 6 rings (SSSR count). The van der Waals surface area contributed by atoms with Crippen molar-refractivity contribution in [1.82, 2.24) is 29.8 Å². The number of pyridine rings is 1. The van der Waals surface area contributed by atoms with E-state index < -0.39 is 35.6 Å². The van der Waals surface area contributed by atoms with E-state index in [1.54, 1.807) is 38.2 Å². The van der Waals surface area contributed by atoms with Crippen LogP contribution >= 0.6 is 0 Å². The van der Waals surface area contributed by atoms with Gasteiger partial charge >= 0.3 is 13.2 Å². The molecular weight excluding hydrogens is 622 g/mol. The second-order valence-electron chi connectivity index (χ2n) is 11.7. The molecule has 1 atom stereocenters. The Morgan fingerprint density at radius 2 is 1.84 bits per heavy atom. The van der Waals surface area contributed by atoms with Crippen LogP contribution in [0.15, 0.2) is 60.9 Å². The Balaban J connectivity index is 1.44. The summed E-state index contributed by atoms with van der Waals surface area (Å²) in [7, 11) is 30.8. The second-order valence-corrected chi connectivity index (χ2v) is 11.7. The highest BCUT2D eigenvalue weighted by atomic mass is 19.1. The van der Waals surface area contributed by atoms with Crippen LogP contribution in [0.1, 0.15) is 35.4 Å². The zero-order valence-corrected chi connectivity index (χ0v) is 26.4. The Morgan fingerprint density at radius 3 is 2.53 bits per heavy atom. The van der Waals surface area contributed by atoms with E-state index in [4.69, 9.17) is 48.7 Å². The lowest BCUT2D eigenvalue weighted by molar-refractivity contribution is 0.154. The molecule has 2 bridgehead atoms. The highest BCUT2D eigenvalue weighted by Gasteiger charge is 2.36. The smallest absolute Gasteiger partial charge is 0.482 e. The Hall–Kier alpha value is -4.75. The fraction of sp³-hybridized carbons (Fsp3) is 0.233. The fourth-order valence-corrected chi connectivity index (χ4v) is 5.40. The van der Waals surface area contributed by atoms with E-state index in [2.05, 4.69) is 25.6 Å². The number of carbonyl (C=O) groups excluding carboxylic acids is 1. The number of anilines is 1. The molecule has 1 amide bonds. The van der Waals surface area contributed by atoms with Crippen LogP contribution in [-0.2, 0) is 30.1 Å². The third-order valence-corrected chi connectivity index (χ3v) is 8.04. The largest absolute Gasteiger partial charge is 0.488 e. The number of aryl methyl sites for hydroxylation is 1. The average Bonchev–Trinajstić information content (AvgIpc) is 3.63. The van der Waals surface area contributed by atoms with Gasteiger partial charge in [0, 0.05) is 41.9 Å². The summed E-state index contributed by atoms with van der Waals surface area (Å²) in [6.07, 6.45) is 1.40. The van der Waals surface area contributed by atoms with Crippen molar-refractivity contribution in [2.24, 2.45) is 7.05 Å². The zero-order valence-electron chi connectivity index (χ0n) is 26.4. The molecule has 0 spiro atoms. The number of halogens is 1. The van der Waals surface area contributed by atoms with Crippen molar-refractivity contribution < 1.29 is 28.7 Å². The maximum absolute atomic E-state index is 14.7. The molecule has 4 heterocycles. The third-order valence-electron chi connectivity index (χ3n) is 8.04. The van der Waals surface area contributed by atoms with Crippen molar-refractivity contribution in [2.45, 2.75) is 36.5 Å². The number of aromatic nitrogens is 6. The van der Waals surface area contributed by atoms with E-state index >= 15 is 0 Å². The van der Waals surface area contributed by atoms with Gasteiger partial charge in [0.15, 0.2) is 11.6 Å². The zero-order chi connectivity index (χ0) is 35.2. The molecule has 1 aliphatic heterocycles. The Bertz CT molecular complexity index is 2030. The van der Waals surface area contributed by atoms with Gasteiger partial charge in [0.25, 0.3) is 0 Å². The van der Waals surface area contributed by atoms with Crippen LogP contribution in [0.25, 0.3) is 22.5 Å². The normalized spacial score (nSPS) is 14.3. The average molecular weight is 646 g/mol. The quantitative estimate of drug-likeness (QED) is 0.229. The minimum Gasteiger partial charge on any atom is -0.482 e. The molecule has 0 saturated heterocycles. The van der Waals surface area contributed by atoms with Gasteiger partial charge in [0.2, 0.25) is 0 Å². The van der Waals surface area contributed by atoms with E-state index in [1.165, 1.54) is 46.1 Å². The summed E-state index contributed by atoms with van der Waals surface area (Å²) in [5.41, 5.74) is 4.12. The first-order chi connectivity index (χ1) is 23.1. The van der Waals surface area contributed by atoms with Crippen LogP contribution in [0.2, 0.25) is 5.11 Å². The van der Waals surface area contributed by atoms with Gasteiger partial charge in [0.05, 0.1) is 56.8 Å². The predicted molar refractivity (Wildman–Crippen MR) is 183 cm³/mol. The molecule has 234 valence electrons. The number of benzene rings is 2. The van der Waals surface area contributed by atoms with E-state index in [9.17, 15) is 19.2 Å². The van der Waals surface area contributed by atoms with Crippen molar-refractivity contribution in [2.75, 3.05) is 5.32 Å². The van der Waals surface area contributed by atoms with Gasteiger partial charge < -0.3 is 19.5 Å². The van der Waals surface area contributed by atoms with E-state index in [1.807, 2.05) is 0 Å². The number of nitrogens with one attached hydrogen (secondary N) is 1. The van der Waals surface area contributed by atoms with Crippen molar-refractivity contribution in [1.29, 1.82) is 0 Å². The van der Waals surface area contributed by atoms with Crippen LogP contribution in [0.4, 0.5) is 15.0 Å². The lowest BCUT2D eigenvalue weighted by Crippen LogP contribution is -2.49. The first-order valence-electron chi connectivity index (χ1n) is 14.9. The maximum atomic E-state index is 14.7. The number of hydrogen-bond donors (Lipinski definition) is 3. The number of carbonyl (C=O) groups is 1. The number of ether oxygens (including phenoxy) is 2. The molecule has 19 heteroatoms.